The van der Waals surface area contributed by atoms with Crippen molar-refractivity contribution in [2.75, 3.05) is 11.9 Å². The SMILES string of the molecule is CC(N)Cc1cccc(F)c1N(C)Cc1cc(Br)cs1. The van der Waals surface area contributed by atoms with Crippen LogP contribution in [0.1, 0.15) is 17.4 Å². The van der Waals surface area contributed by atoms with Crippen molar-refractivity contribution in [2.45, 2.75) is 25.9 Å². The molecule has 0 aliphatic heterocycles. The number of para-hydroxylation sites is 1. The average Bonchev–Trinajstić information content (AvgIpc) is 2.73. The molecule has 1 aromatic carbocycles. The molecular weight excluding hydrogens is 339 g/mol. The summed E-state index contributed by atoms with van der Waals surface area (Å²) in [6.45, 7) is 2.62. The summed E-state index contributed by atoms with van der Waals surface area (Å²) in [7, 11) is 1.91. The lowest BCUT2D eigenvalue weighted by Crippen LogP contribution is -2.23. The highest BCUT2D eigenvalue weighted by Gasteiger charge is 2.15. The molecule has 2 nitrogen and oxygen atoms in total. The molecule has 2 N–H and O–H groups in total. The molecule has 20 heavy (non-hydrogen) atoms. The van der Waals surface area contributed by atoms with E-state index < -0.39 is 0 Å². The molecule has 0 saturated carbocycles. The van der Waals surface area contributed by atoms with E-state index in [9.17, 15) is 4.39 Å². The van der Waals surface area contributed by atoms with Crippen molar-refractivity contribution in [3.8, 4) is 0 Å². The summed E-state index contributed by atoms with van der Waals surface area (Å²) in [4.78, 5) is 3.14. The fourth-order valence-electron chi connectivity index (χ4n) is 2.25. The Kier molecular flexibility index (Phi) is 5.18. The molecule has 0 saturated heterocycles. The number of benzene rings is 1. The highest BCUT2D eigenvalue weighted by Crippen LogP contribution is 2.28. The molecular formula is C15H18BrFN2S. The number of nitrogens with zero attached hydrogens (tertiary/aromatic N) is 1. The fourth-order valence-corrected chi connectivity index (χ4v) is 3.75. The van der Waals surface area contributed by atoms with Crippen LogP contribution >= 0.6 is 27.3 Å². The normalized spacial score (nSPS) is 12.4. The molecule has 0 aliphatic carbocycles. The molecule has 0 fully saturated rings. The molecule has 1 atom stereocenters. The van der Waals surface area contributed by atoms with Crippen LogP contribution in [0.2, 0.25) is 0 Å². The Morgan fingerprint density at radius 1 is 1.45 bits per heavy atom. The van der Waals surface area contributed by atoms with Crippen LogP contribution in [0.25, 0.3) is 0 Å². The van der Waals surface area contributed by atoms with Gasteiger partial charge in [0, 0.05) is 27.8 Å². The van der Waals surface area contributed by atoms with Gasteiger partial charge in [0.2, 0.25) is 0 Å². The van der Waals surface area contributed by atoms with E-state index in [0.29, 0.717) is 18.7 Å². The first kappa shape index (κ1) is 15.5. The van der Waals surface area contributed by atoms with Crippen molar-refractivity contribution in [3.63, 3.8) is 0 Å². The van der Waals surface area contributed by atoms with Crippen LogP contribution in [0.4, 0.5) is 10.1 Å². The molecule has 108 valence electrons. The van der Waals surface area contributed by atoms with E-state index in [2.05, 4.69) is 22.0 Å². The number of rotatable bonds is 5. The van der Waals surface area contributed by atoms with Gasteiger partial charge < -0.3 is 10.6 Å². The standard InChI is InChI=1S/C15H18BrFN2S/c1-10(18)6-11-4-3-5-14(17)15(11)19(2)8-13-7-12(16)9-20-13/h3-5,7,9-10H,6,8,18H2,1-2H3. The number of thiophene rings is 1. The Labute approximate surface area is 131 Å². The third kappa shape index (κ3) is 3.81. The summed E-state index contributed by atoms with van der Waals surface area (Å²) in [5, 5.41) is 2.04. The Morgan fingerprint density at radius 2 is 2.20 bits per heavy atom. The van der Waals surface area contributed by atoms with Crippen molar-refractivity contribution in [2.24, 2.45) is 5.73 Å². The fraction of sp³-hybridized carbons (Fsp3) is 0.333. The number of halogens is 2. The van der Waals surface area contributed by atoms with Gasteiger partial charge in [-0.05, 0) is 47.0 Å². The topological polar surface area (TPSA) is 29.3 Å². The largest absolute Gasteiger partial charge is 0.367 e. The van der Waals surface area contributed by atoms with E-state index in [4.69, 9.17) is 5.73 Å². The van der Waals surface area contributed by atoms with Crippen molar-refractivity contribution < 1.29 is 4.39 Å². The Morgan fingerprint density at radius 3 is 2.80 bits per heavy atom. The van der Waals surface area contributed by atoms with Crippen LogP contribution < -0.4 is 10.6 Å². The molecule has 5 heteroatoms. The van der Waals surface area contributed by atoms with Gasteiger partial charge in [0.05, 0.1) is 12.2 Å². The van der Waals surface area contributed by atoms with Crippen molar-refractivity contribution in [1.29, 1.82) is 0 Å². The first-order valence-corrected chi connectivity index (χ1v) is 8.11. The predicted octanol–water partition coefficient (Wildman–Crippen LogP) is 4.18. The summed E-state index contributed by atoms with van der Waals surface area (Å²) in [5.74, 6) is -0.193. The van der Waals surface area contributed by atoms with Crippen LogP contribution in [-0.4, -0.2) is 13.1 Å². The van der Waals surface area contributed by atoms with Crippen LogP contribution in [0, 0.1) is 5.82 Å². The second-order valence-corrected chi connectivity index (χ2v) is 6.93. The summed E-state index contributed by atoms with van der Waals surface area (Å²) in [6.07, 6.45) is 0.672. The maximum atomic E-state index is 14.2. The predicted molar refractivity (Wildman–Crippen MR) is 87.9 cm³/mol. The van der Waals surface area contributed by atoms with Gasteiger partial charge in [0.15, 0.2) is 0 Å². The molecule has 1 heterocycles. The van der Waals surface area contributed by atoms with Crippen LogP contribution in [0.15, 0.2) is 34.1 Å². The van der Waals surface area contributed by atoms with Gasteiger partial charge >= 0.3 is 0 Å². The van der Waals surface area contributed by atoms with E-state index in [0.717, 1.165) is 10.0 Å². The van der Waals surface area contributed by atoms with E-state index >= 15 is 0 Å². The summed E-state index contributed by atoms with van der Waals surface area (Å²) >= 11 is 5.10. The zero-order valence-corrected chi connectivity index (χ0v) is 14.0. The van der Waals surface area contributed by atoms with Crippen molar-refractivity contribution in [1.82, 2.24) is 0 Å². The van der Waals surface area contributed by atoms with Gasteiger partial charge in [0.1, 0.15) is 5.82 Å². The van der Waals surface area contributed by atoms with Gasteiger partial charge in [0.25, 0.3) is 0 Å². The number of hydrogen-bond acceptors (Lipinski definition) is 3. The van der Waals surface area contributed by atoms with Gasteiger partial charge in [-0.2, -0.15) is 0 Å². The minimum Gasteiger partial charge on any atom is -0.367 e. The highest BCUT2D eigenvalue weighted by molar-refractivity contribution is 9.10. The minimum absolute atomic E-state index is 0.0137. The molecule has 0 bridgehead atoms. The third-order valence-electron chi connectivity index (χ3n) is 3.01. The Balaban J connectivity index is 2.25. The smallest absolute Gasteiger partial charge is 0.146 e. The third-order valence-corrected chi connectivity index (χ3v) is 4.69. The molecule has 1 aromatic heterocycles. The van der Waals surface area contributed by atoms with Crippen LogP contribution in [-0.2, 0) is 13.0 Å². The molecule has 0 spiro atoms. The second kappa shape index (κ2) is 6.70. The zero-order valence-electron chi connectivity index (χ0n) is 11.6. The quantitative estimate of drug-likeness (QED) is 0.870. The number of hydrogen-bond donors (Lipinski definition) is 1. The Bertz CT molecular complexity index is 583. The average molecular weight is 357 g/mol. The van der Waals surface area contributed by atoms with E-state index in [1.54, 1.807) is 17.4 Å². The van der Waals surface area contributed by atoms with Gasteiger partial charge in [-0.1, -0.05) is 12.1 Å². The molecule has 2 aromatic rings. The van der Waals surface area contributed by atoms with Gasteiger partial charge in [-0.25, -0.2) is 4.39 Å². The van der Waals surface area contributed by atoms with Crippen LogP contribution in [0.3, 0.4) is 0 Å². The maximum Gasteiger partial charge on any atom is 0.146 e. The zero-order chi connectivity index (χ0) is 14.7. The molecule has 0 aliphatic rings. The van der Waals surface area contributed by atoms with Crippen molar-refractivity contribution in [3.05, 3.63) is 50.4 Å². The highest BCUT2D eigenvalue weighted by atomic mass is 79.9. The van der Waals surface area contributed by atoms with Gasteiger partial charge in [-0.3, -0.25) is 0 Å². The summed E-state index contributed by atoms with van der Waals surface area (Å²) in [6, 6.07) is 7.27. The molecule has 0 amide bonds. The second-order valence-electron chi connectivity index (χ2n) is 5.02. The van der Waals surface area contributed by atoms with E-state index in [1.165, 1.54) is 10.9 Å². The monoisotopic (exact) mass is 356 g/mol. The maximum absolute atomic E-state index is 14.2. The first-order chi connectivity index (χ1) is 9.47. The van der Waals surface area contributed by atoms with E-state index in [1.807, 2.05) is 30.3 Å². The lowest BCUT2D eigenvalue weighted by molar-refractivity contribution is 0.617. The van der Waals surface area contributed by atoms with Crippen LogP contribution in [0.5, 0.6) is 0 Å². The first-order valence-electron chi connectivity index (χ1n) is 6.44. The van der Waals surface area contributed by atoms with Gasteiger partial charge in [-0.15, -0.1) is 11.3 Å². The molecule has 0 radical (unpaired) electrons. The summed E-state index contributed by atoms with van der Waals surface area (Å²) in [5.41, 5.74) is 7.46. The lowest BCUT2D eigenvalue weighted by Gasteiger charge is -2.23. The van der Waals surface area contributed by atoms with Crippen molar-refractivity contribution >= 4 is 33.0 Å². The van der Waals surface area contributed by atoms with E-state index in [-0.39, 0.29) is 11.9 Å². The minimum atomic E-state index is -0.193. The number of anilines is 1. The lowest BCUT2D eigenvalue weighted by atomic mass is 10.0. The summed E-state index contributed by atoms with van der Waals surface area (Å²) < 4.78 is 15.2. The number of nitrogens with two attached hydrogens (primary N) is 1. The molecule has 1 unspecified atom stereocenters. The Hall–Kier alpha value is -0.910. The molecule has 2 rings (SSSR count).